The van der Waals surface area contributed by atoms with Crippen LogP contribution in [0.3, 0.4) is 0 Å². The minimum atomic E-state index is -4.26. The van der Waals surface area contributed by atoms with Gasteiger partial charge in [-0.2, -0.15) is 13.2 Å². The first-order valence-electron chi connectivity index (χ1n) is 4.40. The van der Waals surface area contributed by atoms with Crippen LogP contribution in [0, 0.1) is 10.1 Å². The van der Waals surface area contributed by atoms with Gasteiger partial charge in [-0.1, -0.05) is 23.2 Å². The van der Waals surface area contributed by atoms with E-state index in [9.17, 15) is 23.3 Å². The SMILES string of the molecule is O=[N+]([O-])c1c(Cl)cc(SCCC(F)(F)F)nc1Cl. The second kappa shape index (κ2) is 5.94. The van der Waals surface area contributed by atoms with Gasteiger partial charge in [-0.25, -0.2) is 4.98 Å². The Kier molecular flexibility index (Phi) is 5.06. The smallest absolute Gasteiger partial charge is 0.258 e. The van der Waals surface area contributed by atoms with E-state index in [-0.39, 0.29) is 15.8 Å². The number of hydrogen-bond acceptors (Lipinski definition) is 4. The normalized spacial score (nSPS) is 11.6. The van der Waals surface area contributed by atoms with Crippen molar-refractivity contribution in [2.24, 2.45) is 0 Å². The van der Waals surface area contributed by atoms with Crippen LogP contribution >= 0.6 is 35.0 Å². The number of nitrogens with zero attached hydrogens (tertiary/aromatic N) is 2. The largest absolute Gasteiger partial charge is 0.389 e. The van der Waals surface area contributed by atoms with Gasteiger partial charge in [0.25, 0.3) is 0 Å². The second-order valence-electron chi connectivity index (χ2n) is 3.05. The summed E-state index contributed by atoms with van der Waals surface area (Å²) < 4.78 is 35.7. The van der Waals surface area contributed by atoms with Crippen molar-refractivity contribution in [2.75, 3.05) is 5.75 Å². The van der Waals surface area contributed by atoms with Gasteiger partial charge in [0.15, 0.2) is 0 Å². The molecule has 0 aliphatic rings. The van der Waals surface area contributed by atoms with Crippen LogP contribution in [0.4, 0.5) is 18.9 Å². The monoisotopic (exact) mass is 320 g/mol. The summed E-state index contributed by atoms with van der Waals surface area (Å²) in [4.78, 5) is 13.3. The molecule has 0 saturated heterocycles. The van der Waals surface area contributed by atoms with E-state index in [0.717, 1.165) is 17.8 Å². The van der Waals surface area contributed by atoms with Gasteiger partial charge in [-0.05, 0) is 6.07 Å². The molecule has 0 aromatic carbocycles. The van der Waals surface area contributed by atoms with Gasteiger partial charge in [0, 0.05) is 5.75 Å². The molecule has 0 radical (unpaired) electrons. The van der Waals surface area contributed by atoms with Crippen LogP contribution < -0.4 is 0 Å². The summed E-state index contributed by atoms with van der Waals surface area (Å²) in [5.74, 6) is -0.263. The number of thioether (sulfide) groups is 1. The van der Waals surface area contributed by atoms with Crippen LogP contribution in [-0.2, 0) is 0 Å². The van der Waals surface area contributed by atoms with E-state index in [1.54, 1.807) is 0 Å². The van der Waals surface area contributed by atoms with Gasteiger partial charge in [-0.3, -0.25) is 10.1 Å². The van der Waals surface area contributed by atoms with E-state index in [0.29, 0.717) is 0 Å². The third-order valence-electron chi connectivity index (χ3n) is 1.70. The topological polar surface area (TPSA) is 56.0 Å². The van der Waals surface area contributed by atoms with Crippen molar-refractivity contribution in [3.8, 4) is 0 Å². The molecule has 4 nitrogen and oxygen atoms in total. The minimum absolute atomic E-state index is 0.111. The summed E-state index contributed by atoms with van der Waals surface area (Å²) in [6, 6.07) is 1.12. The highest BCUT2D eigenvalue weighted by Crippen LogP contribution is 2.34. The first kappa shape index (κ1) is 15.3. The first-order valence-corrected chi connectivity index (χ1v) is 6.15. The highest BCUT2D eigenvalue weighted by molar-refractivity contribution is 7.99. The third-order valence-corrected chi connectivity index (χ3v) is 3.16. The maximum atomic E-state index is 11.9. The van der Waals surface area contributed by atoms with E-state index in [1.807, 2.05) is 0 Å². The number of hydrogen-bond donors (Lipinski definition) is 0. The van der Waals surface area contributed by atoms with Crippen LogP contribution in [0.25, 0.3) is 0 Å². The molecule has 1 rings (SSSR count). The van der Waals surface area contributed by atoms with Crippen LogP contribution in [-0.4, -0.2) is 21.8 Å². The molecule has 0 aliphatic heterocycles. The van der Waals surface area contributed by atoms with Crippen LogP contribution in [0.2, 0.25) is 10.2 Å². The minimum Gasteiger partial charge on any atom is -0.258 e. The molecular weight excluding hydrogens is 316 g/mol. The van der Waals surface area contributed by atoms with Gasteiger partial charge in [-0.15, -0.1) is 11.8 Å². The van der Waals surface area contributed by atoms with Gasteiger partial charge >= 0.3 is 11.9 Å². The number of pyridine rings is 1. The zero-order chi connectivity index (χ0) is 13.9. The van der Waals surface area contributed by atoms with Gasteiger partial charge in [0.2, 0.25) is 5.15 Å². The molecule has 0 N–H and O–H groups in total. The van der Waals surface area contributed by atoms with Gasteiger partial charge < -0.3 is 0 Å². The summed E-state index contributed by atoms with van der Waals surface area (Å²) in [6.45, 7) is 0. The van der Waals surface area contributed by atoms with Crippen molar-refractivity contribution >= 4 is 40.7 Å². The highest BCUT2D eigenvalue weighted by atomic mass is 35.5. The van der Waals surface area contributed by atoms with Crippen molar-refractivity contribution in [1.29, 1.82) is 0 Å². The quantitative estimate of drug-likeness (QED) is 0.358. The van der Waals surface area contributed by atoms with E-state index >= 15 is 0 Å². The van der Waals surface area contributed by atoms with E-state index in [4.69, 9.17) is 23.2 Å². The average Bonchev–Trinajstić information content (AvgIpc) is 2.13. The Morgan fingerprint density at radius 3 is 2.50 bits per heavy atom. The molecule has 10 heteroatoms. The van der Waals surface area contributed by atoms with E-state index in [1.165, 1.54) is 0 Å². The average molecular weight is 321 g/mol. The predicted molar refractivity (Wildman–Crippen MR) is 62.3 cm³/mol. The second-order valence-corrected chi connectivity index (χ2v) is 4.93. The standard InChI is InChI=1S/C8H5Cl2F3N2O2S/c9-4-3-5(18-2-1-8(11,12)13)14-7(10)6(4)15(16)17/h3H,1-2H2. The van der Waals surface area contributed by atoms with Gasteiger partial charge in [0.1, 0.15) is 5.02 Å². The Morgan fingerprint density at radius 1 is 1.44 bits per heavy atom. The first-order chi connectivity index (χ1) is 8.20. The number of nitro groups is 1. The molecule has 0 fully saturated rings. The fourth-order valence-corrected chi connectivity index (χ4v) is 2.55. The number of rotatable bonds is 4. The molecule has 18 heavy (non-hydrogen) atoms. The fourth-order valence-electron chi connectivity index (χ4n) is 0.965. The zero-order valence-corrected chi connectivity index (χ0v) is 10.8. The predicted octanol–water partition coefficient (Wildman–Crippen LogP) is 4.34. The summed E-state index contributed by atoms with van der Waals surface area (Å²) >= 11 is 11.9. The molecule has 0 saturated carbocycles. The molecule has 1 aromatic rings. The summed E-state index contributed by atoms with van der Waals surface area (Å²) in [7, 11) is 0. The molecule has 0 unspecified atom stereocenters. The Labute approximate surface area is 114 Å². The van der Waals surface area contributed by atoms with Crippen molar-refractivity contribution in [3.05, 3.63) is 26.4 Å². The molecule has 0 aliphatic carbocycles. The molecule has 0 spiro atoms. The molecular formula is C8H5Cl2F3N2O2S. The number of alkyl halides is 3. The molecule has 0 bridgehead atoms. The summed E-state index contributed by atoms with van der Waals surface area (Å²) in [5.41, 5.74) is -0.557. The summed E-state index contributed by atoms with van der Waals surface area (Å²) in [6.07, 6.45) is -5.26. The Morgan fingerprint density at radius 2 is 2.06 bits per heavy atom. The third kappa shape index (κ3) is 4.51. The van der Waals surface area contributed by atoms with Crippen LogP contribution in [0.5, 0.6) is 0 Å². The van der Waals surface area contributed by atoms with Crippen LogP contribution in [0.1, 0.15) is 6.42 Å². The molecule has 100 valence electrons. The lowest BCUT2D eigenvalue weighted by molar-refractivity contribution is -0.384. The number of aromatic nitrogens is 1. The highest BCUT2D eigenvalue weighted by Gasteiger charge is 2.27. The fraction of sp³-hybridized carbons (Fsp3) is 0.375. The van der Waals surface area contributed by atoms with Crippen molar-refractivity contribution in [3.63, 3.8) is 0 Å². The van der Waals surface area contributed by atoms with Crippen molar-refractivity contribution < 1.29 is 18.1 Å². The molecule has 1 heterocycles. The zero-order valence-electron chi connectivity index (χ0n) is 8.50. The molecule has 0 atom stereocenters. The van der Waals surface area contributed by atoms with Crippen molar-refractivity contribution in [1.82, 2.24) is 4.98 Å². The lowest BCUT2D eigenvalue weighted by Crippen LogP contribution is -2.08. The van der Waals surface area contributed by atoms with Crippen LogP contribution in [0.15, 0.2) is 11.1 Å². The summed E-state index contributed by atoms with van der Waals surface area (Å²) in [5, 5.41) is 9.95. The maximum Gasteiger partial charge on any atom is 0.389 e. The maximum absolute atomic E-state index is 11.9. The molecule has 0 amide bonds. The van der Waals surface area contributed by atoms with E-state index in [2.05, 4.69) is 4.98 Å². The number of halogens is 5. The van der Waals surface area contributed by atoms with E-state index < -0.39 is 28.4 Å². The lowest BCUT2D eigenvalue weighted by atomic mass is 10.4. The Hall–Kier alpha value is -0.730. The Bertz CT molecular complexity index is 447. The molecule has 1 aromatic heterocycles. The Balaban J connectivity index is 2.78. The van der Waals surface area contributed by atoms with Crippen molar-refractivity contribution in [2.45, 2.75) is 17.6 Å². The van der Waals surface area contributed by atoms with Gasteiger partial charge in [0.05, 0.1) is 16.4 Å². The lowest BCUT2D eigenvalue weighted by Gasteiger charge is -2.06.